The third kappa shape index (κ3) is 6.92. The lowest BCUT2D eigenvalue weighted by Crippen LogP contribution is -2.46. The molecule has 8 heteroatoms. The molecule has 0 N–H and O–H groups in total. The van der Waals surface area contributed by atoms with Gasteiger partial charge < -0.3 is 9.26 Å². The quantitative estimate of drug-likeness (QED) is 0.106. The molecule has 212 valence electrons. The molecule has 0 radical (unpaired) electrons. The fourth-order valence-corrected chi connectivity index (χ4v) is 7.93. The third-order valence-electron chi connectivity index (χ3n) is 7.22. The Morgan fingerprint density at radius 2 is 1.69 bits per heavy atom. The highest BCUT2D eigenvalue weighted by Gasteiger charge is 2.48. The van der Waals surface area contributed by atoms with Crippen LogP contribution < -0.4 is 9.83 Å². The highest BCUT2D eigenvalue weighted by Crippen LogP contribution is 2.60. The van der Waals surface area contributed by atoms with Crippen LogP contribution in [0, 0.1) is 28.6 Å². The predicted octanol–water partition coefficient (Wildman–Crippen LogP) is 7.17. The lowest BCUT2D eigenvalue weighted by Gasteiger charge is -2.41. The van der Waals surface area contributed by atoms with Gasteiger partial charge in [0.15, 0.2) is 0 Å². The molecule has 2 aromatic rings. The summed E-state index contributed by atoms with van der Waals surface area (Å²) in [6.45, 7) is 12.3. The fourth-order valence-electron chi connectivity index (χ4n) is 4.85. The number of nitrogens with zero attached hydrogens (tertiary/aromatic N) is 2. The Morgan fingerprint density at radius 3 is 2.33 bits per heavy atom. The standard InChI is InChI=1S/C31H43N2O5P/c1-7-9-19-33(37-21-26(31(5,6)22-32)30(34)36-20-10-8-2)29(23(3)4)39(35)28-18-14-12-16-25(28)24-15-11-13-17-27(24)38-39/h11-18,23,26,29H,7-10,19-21H2,1-6H3. The Labute approximate surface area is 233 Å². The van der Waals surface area contributed by atoms with Crippen molar-refractivity contribution < 1.29 is 23.5 Å². The first-order valence-electron chi connectivity index (χ1n) is 14.1. The van der Waals surface area contributed by atoms with Crippen molar-refractivity contribution in [2.75, 3.05) is 19.8 Å². The SMILES string of the molecule is CCCCOC(=O)C(CON(CCCC)C(C(C)C)P1(=O)Oc2ccccc2-c2ccccc21)C(C)(C)C#N. The van der Waals surface area contributed by atoms with E-state index in [4.69, 9.17) is 14.1 Å². The van der Waals surface area contributed by atoms with Gasteiger partial charge in [-0.05, 0) is 50.3 Å². The molecule has 7 nitrogen and oxygen atoms in total. The smallest absolute Gasteiger partial charge is 0.312 e. The summed E-state index contributed by atoms with van der Waals surface area (Å²) < 4.78 is 27.0. The van der Waals surface area contributed by atoms with Crippen LogP contribution in [0.4, 0.5) is 0 Å². The average molecular weight is 555 g/mol. The summed E-state index contributed by atoms with van der Waals surface area (Å²) in [4.78, 5) is 19.5. The minimum atomic E-state index is -3.53. The molecule has 1 aliphatic rings. The van der Waals surface area contributed by atoms with Crippen molar-refractivity contribution in [2.45, 2.75) is 73.0 Å². The van der Waals surface area contributed by atoms with E-state index < -0.39 is 30.5 Å². The number of rotatable bonds is 14. The van der Waals surface area contributed by atoms with E-state index in [1.54, 1.807) is 18.9 Å². The lowest BCUT2D eigenvalue weighted by atomic mass is 9.80. The van der Waals surface area contributed by atoms with Gasteiger partial charge in [-0.25, -0.2) is 0 Å². The van der Waals surface area contributed by atoms with Crippen LogP contribution in [0.25, 0.3) is 11.1 Å². The van der Waals surface area contributed by atoms with E-state index in [1.165, 1.54) is 0 Å². The van der Waals surface area contributed by atoms with Crippen LogP contribution in [0.15, 0.2) is 48.5 Å². The van der Waals surface area contributed by atoms with Gasteiger partial charge in [0.2, 0.25) is 0 Å². The third-order valence-corrected chi connectivity index (χ3v) is 10.3. The van der Waals surface area contributed by atoms with Crippen LogP contribution in [0.2, 0.25) is 0 Å². The number of esters is 1. The van der Waals surface area contributed by atoms with Crippen LogP contribution in [0.5, 0.6) is 5.75 Å². The summed E-state index contributed by atoms with van der Waals surface area (Å²) in [7, 11) is -3.53. The van der Waals surface area contributed by atoms with Crippen molar-refractivity contribution in [3.05, 3.63) is 48.5 Å². The van der Waals surface area contributed by atoms with Crippen LogP contribution in [-0.2, 0) is 18.9 Å². The second-order valence-corrected chi connectivity index (χ2v) is 13.4. The molecule has 39 heavy (non-hydrogen) atoms. The number of hydrogen-bond acceptors (Lipinski definition) is 7. The number of carbonyl (C=O) groups is 1. The monoisotopic (exact) mass is 554 g/mol. The maximum Gasteiger partial charge on any atom is 0.312 e. The topological polar surface area (TPSA) is 88.9 Å². The molecular weight excluding hydrogens is 511 g/mol. The van der Waals surface area contributed by atoms with Crippen LogP contribution in [0.3, 0.4) is 0 Å². The Hall–Kier alpha value is -2.65. The first-order chi connectivity index (χ1) is 18.6. The van der Waals surface area contributed by atoms with E-state index in [2.05, 4.69) is 13.0 Å². The van der Waals surface area contributed by atoms with E-state index in [-0.39, 0.29) is 12.5 Å². The van der Waals surface area contributed by atoms with Crippen molar-refractivity contribution in [2.24, 2.45) is 17.3 Å². The molecule has 0 bridgehead atoms. The van der Waals surface area contributed by atoms with E-state index in [9.17, 15) is 10.1 Å². The van der Waals surface area contributed by atoms with Crippen molar-refractivity contribution in [1.29, 1.82) is 5.26 Å². The number of ether oxygens (including phenoxy) is 1. The van der Waals surface area contributed by atoms with Gasteiger partial charge >= 0.3 is 5.97 Å². The number of benzene rings is 2. The fraction of sp³-hybridized carbons (Fsp3) is 0.548. The van der Waals surface area contributed by atoms with Gasteiger partial charge in [-0.2, -0.15) is 10.3 Å². The molecule has 0 aromatic heterocycles. The Balaban J connectivity index is 2.00. The molecule has 2 aromatic carbocycles. The first kappa shape index (κ1) is 30.9. The van der Waals surface area contributed by atoms with Crippen molar-refractivity contribution in [3.63, 3.8) is 0 Å². The summed E-state index contributed by atoms with van der Waals surface area (Å²) >= 11 is 0. The van der Waals surface area contributed by atoms with E-state index in [1.807, 2.05) is 69.3 Å². The maximum absolute atomic E-state index is 15.1. The van der Waals surface area contributed by atoms with E-state index >= 15 is 4.57 Å². The van der Waals surface area contributed by atoms with Crippen LogP contribution >= 0.6 is 7.37 Å². The molecule has 3 rings (SSSR count). The molecule has 0 saturated heterocycles. The molecule has 0 amide bonds. The van der Waals surface area contributed by atoms with Gasteiger partial charge in [0.1, 0.15) is 17.5 Å². The molecule has 0 fully saturated rings. The highest BCUT2D eigenvalue weighted by atomic mass is 31.2. The van der Waals surface area contributed by atoms with Gasteiger partial charge in [-0.15, -0.1) is 0 Å². The zero-order valence-corrected chi connectivity index (χ0v) is 25.1. The van der Waals surface area contributed by atoms with Gasteiger partial charge in [-0.1, -0.05) is 76.9 Å². The molecule has 1 heterocycles. The summed E-state index contributed by atoms with van der Waals surface area (Å²) in [5.74, 6) is -1.39. The second-order valence-electron chi connectivity index (χ2n) is 11.1. The zero-order chi connectivity index (χ0) is 28.6. The molecule has 3 unspecified atom stereocenters. The van der Waals surface area contributed by atoms with E-state index in [0.717, 1.165) is 36.8 Å². The molecule has 0 spiro atoms. The van der Waals surface area contributed by atoms with Gasteiger partial charge in [0.25, 0.3) is 7.37 Å². The van der Waals surface area contributed by atoms with Gasteiger partial charge in [0, 0.05) is 12.1 Å². The maximum atomic E-state index is 15.1. The number of carbonyl (C=O) groups excluding carboxylic acids is 1. The minimum absolute atomic E-state index is 0.0588. The average Bonchev–Trinajstić information content (AvgIpc) is 2.91. The largest absolute Gasteiger partial charge is 0.465 e. The molecule has 1 aliphatic heterocycles. The predicted molar refractivity (Wildman–Crippen MR) is 155 cm³/mol. The number of hydroxylamine groups is 2. The lowest BCUT2D eigenvalue weighted by molar-refractivity contribution is -0.200. The van der Waals surface area contributed by atoms with Gasteiger partial charge in [-0.3, -0.25) is 14.2 Å². The minimum Gasteiger partial charge on any atom is -0.465 e. The molecule has 0 aliphatic carbocycles. The molecule has 0 saturated carbocycles. The molecular formula is C31H43N2O5P. The number of fused-ring (bicyclic) bond motifs is 3. The highest BCUT2D eigenvalue weighted by molar-refractivity contribution is 7.68. The molecule has 3 atom stereocenters. The first-order valence-corrected chi connectivity index (χ1v) is 15.8. The number of nitriles is 1. The Bertz CT molecular complexity index is 1210. The summed E-state index contributed by atoms with van der Waals surface area (Å²) in [5, 5.41) is 12.3. The van der Waals surface area contributed by atoms with Gasteiger partial charge in [0.05, 0.1) is 30.0 Å². The number of hydrogen-bond donors (Lipinski definition) is 0. The zero-order valence-electron chi connectivity index (χ0n) is 24.2. The van der Waals surface area contributed by atoms with E-state index in [0.29, 0.717) is 24.2 Å². The van der Waals surface area contributed by atoms with Crippen molar-refractivity contribution in [3.8, 4) is 22.9 Å². The second kappa shape index (κ2) is 13.6. The van der Waals surface area contributed by atoms with Crippen molar-refractivity contribution in [1.82, 2.24) is 5.06 Å². The summed E-state index contributed by atoms with van der Waals surface area (Å²) in [6, 6.07) is 17.6. The van der Waals surface area contributed by atoms with Crippen LogP contribution in [-0.4, -0.2) is 36.6 Å². The Morgan fingerprint density at radius 1 is 1.05 bits per heavy atom. The number of unbranched alkanes of at least 4 members (excludes halogenated alkanes) is 2. The van der Waals surface area contributed by atoms with Crippen LogP contribution in [0.1, 0.15) is 67.2 Å². The number of para-hydroxylation sites is 1. The normalized spacial score (nSPS) is 18.0. The summed E-state index contributed by atoms with van der Waals surface area (Å²) in [5.41, 5.74) is 0.796. The van der Waals surface area contributed by atoms with Crippen molar-refractivity contribution >= 4 is 18.6 Å². The Kier molecular flexibility index (Phi) is 10.8. The summed E-state index contributed by atoms with van der Waals surface area (Å²) in [6.07, 6.45) is 3.36.